The van der Waals surface area contributed by atoms with Crippen molar-refractivity contribution in [1.82, 2.24) is 9.36 Å². The van der Waals surface area contributed by atoms with Crippen molar-refractivity contribution in [3.8, 4) is 0 Å². The lowest BCUT2D eigenvalue weighted by atomic mass is 10.1. The van der Waals surface area contributed by atoms with Crippen LogP contribution in [0.25, 0.3) is 0 Å². The number of hydrogen-bond donors (Lipinski definition) is 1. The van der Waals surface area contributed by atoms with Gasteiger partial charge >= 0.3 is 5.97 Å². The Labute approximate surface area is 117 Å². The Bertz CT molecular complexity index is 601. The van der Waals surface area contributed by atoms with Crippen LogP contribution >= 0.6 is 23.3 Å². The molecule has 0 amide bonds. The minimum Gasteiger partial charge on any atom is -0.478 e. The predicted molar refractivity (Wildman–Crippen MR) is 72.2 cm³/mol. The van der Waals surface area contributed by atoms with Crippen molar-refractivity contribution in [3.05, 3.63) is 41.0 Å². The van der Waals surface area contributed by atoms with Crippen LogP contribution in [0.2, 0.25) is 0 Å². The lowest BCUT2D eigenvalue weighted by Crippen LogP contribution is -1.98. The second kappa shape index (κ2) is 6.12. The molecule has 0 spiro atoms. The van der Waals surface area contributed by atoms with Crippen LogP contribution in [0, 0.1) is 5.82 Å². The first-order chi connectivity index (χ1) is 9.10. The molecule has 0 fully saturated rings. The van der Waals surface area contributed by atoms with Crippen LogP contribution in [-0.4, -0.2) is 20.4 Å². The largest absolute Gasteiger partial charge is 0.478 e. The number of rotatable bonds is 5. The molecule has 1 heterocycles. The molecule has 2 rings (SSSR count). The highest BCUT2D eigenvalue weighted by molar-refractivity contribution is 8.00. The first-order valence-corrected chi connectivity index (χ1v) is 7.33. The third-order valence-corrected chi connectivity index (χ3v) is 4.34. The fraction of sp³-hybridized carbons (Fsp3) is 0.250. The van der Waals surface area contributed by atoms with Crippen molar-refractivity contribution >= 4 is 29.3 Å². The lowest BCUT2D eigenvalue weighted by molar-refractivity contribution is 0.0696. The van der Waals surface area contributed by atoms with Crippen molar-refractivity contribution in [2.45, 2.75) is 23.4 Å². The van der Waals surface area contributed by atoms with Gasteiger partial charge in [-0.05, 0) is 29.2 Å². The van der Waals surface area contributed by atoms with Crippen LogP contribution in [0.1, 0.15) is 28.7 Å². The molecule has 0 unspecified atom stereocenters. The molecule has 0 saturated heterocycles. The Morgan fingerprint density at radius 1 is 1.53 bits per heavy atom. The molecule has 0 radical (unpaired) electrons. The number of halogens is 1. The first kappa shape index (κ1) is 14.0. The molecule has 19 heavy (non-hydrogen) atoms. The van der Waals surface area contributed by atoms with E-state index >= 15 is 0 Å². The number of benzene rings is 1. The molecule has 0 atom stereocenters. The summed E-state index contributed by atoms with van der Waals surface area (Å²) in [6.07, 6.45) is 0.777. The smallest absolute Gasteiger partial charge is 0.335 e. The van der Waals surface area contributed by atoms with Gasteiger partial charge in [-0.25, -0.2) is 14.2 Å². The third-order valence-electron chi connectivity index (χ3n) is 2.42. The van der Waals surface area contributed by atoms with E-state index < -0.39 is 11.8 Å². The Morgan fingerprint density at radius 2 is 2.32 bits per heavy atom. The summed E-state index contributed by atoms with van der Waals surface area (Å²) in [5, 5.41) is 8.75. The number of aromatic nitrogens is 2. The van der Waals surface area contributed by atoms with Crippen LogP contribution in [0.4, 0.5) is 4.39 Å². The molecular formula is C12H11FN2O2S2. The van der Waals surface area contributed by atoms with Gasteiger partial charge in [0.15, 0.2) is 4.34 Å². The topological polar surface area (TPSA) is 63.1 Å². The molecule has 0 saturated carbocycles. The zero-order valence-electron chi connectivity index (χ0n) is 10.1. The van der Waals surface area contributed by atoms with E-state index in [1.807, 2.05) is 6.92 Å². The number of carbonyl (C=O) groups is 1. The van der Waals surface area contributed by atoms with Crippen molar-refractivity contribution in [2.75, 3.05) is 0 Å². The summed E-state index contributed by atoms with van der Waals surface area (Å²) in [5.41, 5.74) is 0.415. The summed E-state index contributed by atoms with van der Waals surface area (Å²) in [7, 11) is 0. The maximum Gasteiger partial charge on any atom is 0.335 e. The monoisotopic (exact) mass is 298 g/mol. The van der Waals surface area contributed by atoms with E-state index in [4.69, 9.17) is 5.11 Å². The minimum atomic E-state index is -1.13. The van der Waals surface area contributed by atoms with E-state index in [0.717, 1.165) is 22.7 Å². The molecule has 100 valence electrons. The molecule has 1 N–H and O–H groups in total. The van der Waals surface area contributed by atoms with Crippen molar-refractivity contribution in [3.63, 3.8) is 0 Å². The number of nitrogens with zero attached hydrogens (tertiary/aromatic N) is 2. The average Bonchev–Trinajstić information content (AvgIpc) is 2.85. The van der Waals surface area contributed by atoms with Gasteiger partial charge in [0.2, 0.25) is 0 Å². The number of aromatic carboxylic acids is 1. The van der Waals surface area contributed by atoms with E-state index in [0.29, 0.717) is 11.3 Å². The molecule has 0 aliphatic rings. The Balaban J connectivity index is 2.05. The van der Waals surface area contributed by atoms with E-state index in [2.05, 4.69) is 9.36 Å². The zero-order valence-corrected chi connectivity index (χ0v) is 11.7. The summed E-state index contributed by atoms with van der Waals surface area (Å²) >= 11 is 2.69. The van der Waals surface area contributed by atoms with Crippen LogP contribution in [0.3, 0.4) is 0 Å². The van der Waals surface area contributed by atoms with Gasteiger partial charge in [0.25, 0.3) is 0 Å². The van der Waals surface area contributed by atoms with Gasteiger partial charge < -0.3 is 5.11 Å². The molecule has 0 bridgehead atoms. The standard InChI is InChI=1S/C12H11FN2O2S2/c1-2-10-14-12(19-15-10)18-6-8-4-3-7(11(16)17)5-9(8)13/h3-5H,2,6H2,1H3,(H,16,17). The molecule has 0 aliphatic carbocycles. The second-order valence-electron chi connectivity index (χ2n) is 3.73. The summed E-state index contributed by atoms with van der Waals surface area (Å²) in [5.74, 6) is -0.444. The van der Waals surface area contributed by atoms with Crippen molar-refractivity contribution in [2.24, 2.45) is 0 Å². The maximum absolute atomic E-state index is 13.7. The van der Waals surface area contributed by atoms with Crippen LogP contribution < -0.4 is 0 Å². The van der Waals surface area contributed by atoms with Crippen molar-refractivity contribution < 1.29 is 14.3 Å². The first-order valence-electron chi connectivity index (χ1n) is 5.57. The van der Waals surface area contributed by atoms with Crippen molar-refractivity contribution in [1.29, 1.82) is 0 Å². The summed E-state index contributed by atoms with van der Waals surface area (Å²) in [4.78, 5) is 15.0. The molecule has 0 aliphatic heterocycles. The molecule has 1 aromatic heterocycles. The van der Waals surface area contributed by atoms with Gasteiger partial charge in [-0.15, -0.1) is 0 Å². The molecule has 7 heteroatoms. The number of hydrogen-bond acceptors (Lipinski definition) is 5. The molecule has 1 aromatic carbocycles. The second-order valence-corrected chi connectivity index (χ2v) is 5.70. The summed E-state index contributed by atoms with van der Waals surface area (Å²) in [6, 6.07) is 3.93. The molecule has 4 nitrogen and oxygen atoms in total. The summed E-state index contributed by atoms with van der Waals surface area (Å²) < 4.78 is 18.6. The minimum absolute atomic E-state index is 0.0459. The number of carboxylic acids is 1. The van der Waals surface area contributed by atoms with Gasteiger partial charge in [-0.2, -0.15) is 4.37 Å². The summed E-state index contributed by atoms with van der Waals surface area (Å²) in [6.45, 7) is 1.97. The molecule has 2 aromatic rings. The maximum atomic E-state index is 13.7. The highest BCUT2D eigenvalue weighted by Gasteiger charge is 2.10. The van der Waals surface area contributed by atoms with Gasteiger partial charge in [0, 0.05) is 12.2 Å². The van der Waals surface area contributed by atoms with Crippen LogP contribution in [-0.2, 0) is 12.2 Å². The number of aryl methyl sites for hydroxylation is 1. The third kappa shape index (κ3) is 3.51. The highest BCUT2D eigenvalue weighted by atomic mass is 32.2. The fourth-order valence-electron chi connectivity index (χ4n) is 1.38. The fourth-order valence-corrected chi connectivity index (χ4v) is 3.06. The van der Waals surface area contributed by atoms with Gasteiger partial charge in [0.05, 0.1) is 5.56 Å². The normalized spacial score (nSPS) is 10.6. The Morgan fingerprint density at radius 3 is 2.89 bits per heavy atom. The van der Waals surface area contributed by atoms with Gasteiger partial charge in [-0.3, -0.25) is 0 Å². The van der Waals surface area contributed by atoms with Gasteiger partial charge in [-0.1, -0.05) is 24.8 Å². The molecular weight excluding hydrogens is 287 g/mol. The van der Waals surface area contributed by atoms with E-state index in [-0.39, 0.29) is 5.56 Å². The number of thioether (sulfide) groups is 1. The Kier molecular flexibility index (Phi) is 4.49. The lowest BCUT2D eigenvalue weighted by Gasteiger charge is -2.02. The Hall–Kier alpha value is -1.47. The van der Waals surface area contributed by atoms with E-state index in [1.54, 1.807) is 0 Å². The predicted octanol–water partition coefficient (Wildman–Crippen LogP) is 3.23. The highest BCUT2D eigenvalue weighted by Crippen LogP contribution is 2.26. The van der Waals surface area contributed by atoms with E-state index in [1.165, 1.54) is 35.4 Å². The van der Waals surface area contributed by atoms with Gasteiger partial charge in [0.1, 0.15) is 11.6 Å². The number of carboxylic acid groups (broad SMARTS) is 1. The van der Waals surface area contributed by atoms with Crippen LogP contribution in [0.15, 0.2) is 22.5 Å². The quantitative estimate of drug-likeness (QED) is 0.859. The van der Waals surface area contributed by atoms with E-state index in [9.17, 15) is 9.18 Å². The average molecular weight is 298 g/mol. The SMILES string of the molecule is CCc1nsc(SCc2ccc(C(=O)O)cc2F)n1. The zero-order chi connectivity index (χ0) is 13.8. The van der Waals surface area contributed by atoms with Crippen LogP contribution in [0.5, 0.6) is 0 Å².